The lowest BCUT2D eigenvalue weighted by molar-refractivity contribution is -0.153. The Hall–Kier alpha value is -1.53. The van der Waals surface area contributed by atoms with Crippen LogP contribution in [0, 0.1) is 5.41 Å². The fourth-order valence-electron chi connectivity index (χ4n) is 3.64. The molecule has 148 valence electrons. The van der Waals surface area contributed by atoms with E-state index in [2.05, 4.69) is 20.8 Å². The van der Waals surface area contributed by atoms with Crippen LogP contribution in [0.2, 0.25) is 0 Å². The maximum absolute atomic E-state index is 13.3. The topological polar surface area (TPSA) is 49.9 Å². The van der Waals surface area contributed by atoms with Gasteiger partial charge in [0, 0.05) is 18.7 Å². The number of hydrogen-bond donors (Lipinski definition) is 0. The summed E-state index contributed by atoms with van der Waals surface area (Å²) in [7, 11) is 0. The van der Waals surface area contributed by atoms with E-state index in [4.69, 9.17) is 4.74 Å². The quantitative estimate of drug-likeness (QED) is 0.795. The van der Waals surface area contributed by atoms with Gasteiger partial charge in [-0.2, -0.15) is 0 Å². The van der Waals surface area contributed by atoms with E-state index in [1.54, 1.807) is 16.7 Å². The first kappa shape index (κ1) is 20.2. The standard InChI is InChI=1S/C21H30N2O3S/c1-15-11-22(12-18(26-15)16-8-6-5-7-9-16)20(25)17-13-27-14-23(17)19(24)10-21(2,3)4/h5-9,15,17-18H,10-14H2,1-4H3. The van der Waals surface area contributed by atoms with Crippen LogP contribution in [-0.2, 0) is 14.3 Å². The van der Waals surface area contributed by atoms with Crippen molar-refractivity contribution in [2.75, 3.05) is 24.7 Å². The van der Waals surface area contributed by atoms with Crippen LogP contribution in [0.15, 0.2) is 30.3 Å². The van der Waals surface area contributed by atoms with Gasteiger partial charge in [-0.25, -0.2) is 0 Å². The zero-order valence-electron chi connectivity index (χ0n) is 16.7. The third-order valence-corrected chi connectivity index (χ3v) is 5.92. The second-order valence-corrected chi connectivity index (χ2v) is 9.71. The molecule has 3 rings (SSSR count). The largest absolute Gasteiger partial charge is 0.367 e. The number of benzene rings is 1. The maximum Gasteiger partial charge on any atom is 0.246 e. The molecule has 2 saturated heterocycles. The van der Waals surface area contributed by atoms with Crippen LogP contribution in [0.25, 0.3) is 0 Å². The molecule has 27 heavy (non-hydrogen) atoms. The second kappa shape index (κ2) is 8.23. The number of amides is 2. The molecule has 1 aromatic rings. The molecule has 2 aliphatic heterocycles. The van der Waals surface area contributed by atoms with Gasteiger partial charge in [0.15, 0.2) is 0 Å². The van der Waals surface area contributed by atoms with Gasteiger partial charge in [-0.15, -0.1) is 11.8 Å². The molecule has 3 unspecified atom stereocenters. The lowest BCUT2D eigenvalue weighted by atomic mass is 9.91. The molecule has 2 aliphatic rings. The normalized spacial score (nSPS) is 26.3. The monoisotopic (exact) mass is 390 g/mol. The first-order valence-electron chi connectivity index (χ1n) is 9.61. The molecule has 2 amide bonds. The molecule has 1 aromatic carbocycles. The van der Waals surface area contributed by atoms with Crippen molar-refractivity contribution in [3.63, 3.8) is 0 Å². The number of carbonyl (C=O) groups is 2. The van der Waals surface area contributed by atoms with E-state index < -0.39 is 0 Å². The van der Waals surface area contributed by atoms with Gasteiger partial charge in [-0.3, -0.25) is 9.59 Å². The summed E-state index contributed by atoms with van der Waals surface area (Å²) in [5, 5.41) is 0. The number of nitrogens with zero attached hydrogens (tertiary/aromatic N) is 2. The summed E-state index contributed by atoms with van der Waals surface area (Å²) in [6, 6.07) is 9.68. The highest BCUT2D eigenvalue weighted by molar-refractivity contribution is 7.99. The van der Waals surface area contributed by atoms with Gasteiger partial charge in [0.2, 0.25) is 11.8 Å². The molecule has 2 fully saturated rings. The Morgan fingerprint density at radius 1 is 1.19 bits per heavy atom. The van der Waals surface area contributed by atoms with E-state index in [0.717, 1.165) is 5.56 Å². The smallest absolute Gasteiger partial charge is 0.246 e. The molecular formula is C21H30N2O3S. The van der Waals surface area contributed by atoms with E-state index in [1.807, 2.05) is 42.2 Å². The van der Waals surface area contributed by atoms with Crippen molar-refractivity contribution in [3.05, 3.63) is 35.9 Å². The van der Waals surface area contributed by atoms with Crippen molar-refractivity contribution in [1.82, 2.24) is 9.80 Å². The molecule has 0 bridgehead atoms. The van der Waals surface area contributed by atoms with Crippen LogP contribution in [0.3, 0.4) is 0 Å². The first-order chi connectivity index (χ1) is 12.7. The fourth-order valence-corrected chi connectivity index (χ4v) is 4.81. The van der Waals surface area contributed by atoms with Crippen LogP contribution in [0.4, 0.5) is 0 Å². The van der Waals surface area contributed by atoms with E-state index in [-0.39, 0.29) is 35.5 Å². The predicted octanol–water partition coefficient (Wildman–Crippen LogP) is 3.31. The van der Waals surface area contributed by atoms with Crippen molar-refractivity contribution in [2.24, 2.45) is 5.41 Å². The molecule has 0 spiro atoms. The van der Waals surface area contributed by atoms with Crippen molar-refractivity contribution in [3.8, 4) is 0 Å². The van der Waals surface area contributed by atoms with E-state index in [1.165, 1.54) is 0 Å². The van der Waals surface area contributed by atoms with Crippen LogP contribution in [-0.4, -0.2) is 58.5 Å². The summed E-state index contributed by atoms with van der Waals surface area (Å²) in [6.07, 6.45) is 0.316. The van der Waals surface area contributed by atoms with Gasteiger partial charge >= 0.3 is 0 Å². The minimum absolute atomic E-state index is 0.0271. The Balaban J connectivity index is 1.71. The Morgan fingerprint density at radius 2 is 1.89 bits per heavy atom. The average molecular weight is 391 g/mol. The van der Waals surface area contributed by atoms with Gasteiger partial charge in [0.25, 0.3) is 0 Å². The van der Waals surface area contributed by atoms with E-state index in [0.29, 0.717) is 31.1 Å². The Labute approximate surface area is 166 Å². The zero-order valence-corrected chi connectivity index (χ0v) is 17.5. The van der Waals surface area contributed by atoms with Crippen LogP contribution in [0.5, 0.6) is 0 Å². The van der Waals surface area contributed by atoms with Gasteiger partial charge in [0.1, 0.15) is 12.1 Å². The van der Waals surface area contributed by atoms with Crippen molar-refractivity contribution >= 4 is 23.6 Å². The Kier molecular flexibility index (Phi) is 6.16. The van der Waals surface area contributed by atoms with Crippen LogP contribution in [0.1, 0.15) is 45.8 Å². The Bertz CT molecular complexity index is 674. The molecule has 0 N–H and O–H groups in total. The third kappa shape index (κ3) is 5.05. The lowest BCUT2D eigenvalue weighted by Gasteiger charge is -2.39. The van der Waals surface area contributed by atoms with Crippen molar-refractivity contribution in [2.45, 2.75) is 52.4 Å². The van der Waals surface area contributed by atoms with Crippen molar-refractivity contribution < 1.29 is 14.3 Å². The Morgan fingerprint density at radius 3 is 2.56 bits per heavy atom. The molecule has 6 heteroatoms. The van der Waals surface area contributed by atoms with Crippen LogP contribution >= 0.6 is 11.8 Å². The summed E-state index contributed by atoms with van der Waals surface area (Å²) in [5.41, 5.74) is 1.01. The lowest BCUT2D eigenvalue weighted by Crippen LogP contribution is -2.54. The number of ether oxygens (including phenoxy) is 1. The minimum atomic E-state index is -0.355. The summed E-state index contributed by atoms with van der Waals surface area (Å²) in [6.45, 7) is 9.28. The summed E-state index contributed by atoms with van der Waals surface area (Å²) < 4.78 is 6.08. The van der Waals surface area contributed by atoms with Crippen molar-refractivity contribution in [1.29, 1.82) is 0 Å². The number of morpholine rings is 1. The summed E-state index contributed by atoms with van der Waals surface area (Å²) >= 11 is 1.66. The molecule has 0 aliphatic carbocycles. The fraction of sp³-hybridized carbons (Fsp3) is 0.619. The van der Waals surface area contributed by atoms with Gasteiger partial charge in [0.05, 0.1) is 18.5 Å². The highest BCUT2D eigenvalue weighted by Gasteiger charge is 2.40. The summed E-state index contributed by atoms with van der Waals surface area (Å²) in [4.78, 5) is 29.7. The van der Waals surface area contributed by atoms with Crippen LogP contribution < -0.4 is 0 Å². The SMILES string of the molecule is CC1CN(C(=O)C2CSCN2C(=O)CC(C)(C)C)CC(c2ccccc2)O1. The van der Waals surface area contributed by atoms with E-state index in [9.17, 15) is 9.59 Å². The average Bonchev–Trinajstić information content (AvgIpc) is 3.10. The molecule has 2 heterocycles. The number of rotatable bonds is 3. The molecular weight excluding hydrogens is 360 g/mol. The second-order valence-electron chi connectivity index (χ2n) is 8.71. The molecule has 0 saturated carbocycles. The van der Waals surface area contributed by atoms with Gasteiger partial charge < -0.3 is 14.5 Å². The molecule has 5 nitrogen and oxygen atoms in total. The molecule has 0 radical (unpaired) electrons. The van der Waals surface area contributed by atoms with Gasteiger partial charge in [-0.1, -0.05) is 51.1 Å². The van der Waals surface area contributed by atoms with Gasteiger partial charge in [-0.05, 0) is 17.9 Å². The molecule has 3 atom stereocenters. The first-order valence-corrected chi connectivity index (χ1v) is 10.8. The number of hydrogen-bond acceptors (Lipinski definition) is 4. The van der Waals surface area contributed by atoms with E-state index >= 15 is 0 Å². The minimum Gasteiger partial charge on any atom is -0.367 e. The summed E-state index contributed by atoms with van der Waals surface area (Å²) in [5.74, 6) is 1.41. The maximum atomic E-state index is 13.3. The molecule has 0 aromatic heterocycles. The highest BCUT2D eigenvalue weighted by Crippen LogP contribution is 2.30. The third-order valence-electron chi connectivity index (χ3n) is 4.91. The predicted molar refractivity (Wildman–Crippen MR) is 108 cm³/mol. The highest BCUT2D eigenvalue weighted by atomic mass is 32.2. The number of carbonyl (C=O) groups excluding carboxylic acids is 2. The zero-order chi connectivity index (χ0) is 19.6. The number of thioether (sulfide) groups is 1.